The molecular weight excluding hydrogens is 382 g/mol. The topological polar surface area (TPSA) is 136 Å². The SMILES string of the molecule is CC(=O)Oc1cc(C)ccc1C(O)(CO)COC(=O)Cc1ccc([N+](=O)[O-])cc1. The minimum Gasteiger partial charge on any atom is -0.462 e. The number of aliphatic hydroxyl groups is 2. The van der Waals surface area contributed by atoms with Gasteiger partial charge >= 0.3 is 11.9 Å². The molecule has 0 heterocycles. The molecule has 0 spiro atoms. The van der Waals surface area contributed by atoms with E-state index in [9.17, 15) is 29.9 Å². The molecule has 0 radical (unpaired) electrons. The lowest BCUT2D eigenvalue weighted by Crippen LogP contribution is -2.37. The summed E-state index contributed by atoms with van der Waals surface area (Å²) in [5.74, 6) is -1.25. The van der Waals surface area contributed by atoms with Gasteiger partial charge in [-0.25, -0.2) is 0 Å². The van der Waals surface area contributed by atoms with Crippen molar-refractivity contribution in [1.29, 1.82) is 0 Å². The number of nitro benzene ring substituents is 1. The van der Waals surface area contributed by atoms with Crippen LogP contribution in [-0.4, -0.2) is 40.3 Å². The predicted octanol–water partition coefficient (Wildman–Crippen LogP) is 1.79. The highest BCUT2D eigenvalue weighted by Crippen LogP contribution is 2.31. The number of hydrogen-bond acceptors (Lipinski definition) is 8. The lowest BCUT2D eigenvalue weighted by molar-refractivity contribution is -0.384. The van der Waals surface area contributed by atoms with E-state index in [1.54, 1.807) is 13.0 Å². The summed E-state index contributed by atoms with van der Waals surface area (Å²) in [4.78, 5) is 33.6. The molecule has 2 aromatic carbocycles. The standard InChI is InChI=1S/C20H21NO8/c1-13-3-8-17(18(9-13)29-14(2)23)20(25,11-22)12-28-19(24)10-15-4-6-16(7-5-15)21(26)27/h3-9,22,25H,10-12H2,1-2H3. The number of carbonyl (C=O) groups excluding carboxylic acids is 2. The van der Waals surface area contributed by atoms with Crippen LogP contribution in [0.2, 0.25) is 0 Å². The van der Waals surface area contributed by atoms with Crippen LogP contribution in [0.1, 0.15) is 23.6 Å². The Labute approximate surface area is 166 Å². The first-order valence-electron chi connectivity index (χ1n) is 8.66. The molecule has 1 unspecified atom stereocenters. The molecular formula is C20H21NO8. The third-order valence-electron chi connectivity index (χ3n) is 4.12. The minimum atomic E-state index is -1.98. The molecule has 0 aliphatic heterocycles. The Bertz CT molecular complexity index is 909. The molecule has 2 rings (SSSR count). The first-order chi connectivity index (χ1) is 13.6. The Morgan fingerprint density at radius 1 is 1.17 bits per heavy atom. The summed E-state index contributed by atoms with van der Waals surface area (Å²) < 4.78 is 10.2. The van der Waals surface area contributed by atoms with Crippen molar-refractivity contribution in [1.82, 2.24) is 0 Å². The maximum atomic E-state index is 12.1. The van der Waals surface area contributed by atoms with Gasteiger partial charge in [0.25, 0.3) is 5.69 Å². The largest absolute Gasteiger partial charge is 0.462 e. The van der Waals surface area contributed by atoms with E-state index in [-0.39, 0.29) is 23.4 Å². The summed E-state index contributed by atoms with van der Waals surface area (Å²) in [6.07, 6.45) is -0.176. The lowest BCUT2D eigenvalue weighted by atomic mass is 9.93. The molecule has 29 heavy (non-hydrogen) atoms. The summed E-state index contributed by atoms with van der Waals surface area (Å²) >= 11 is 0. The predicted molar refractivity (Wildman–Crippen MR) is 101 cm³/mol. The van der Waals surface area contributed by atoms with Gasteiger partial charge in [-0.2, -0.15) is 0 Å². The molecule has 0 aliphatic carbocycles. The number of hydrogen-bond donors (Lipinski definition) is 2. The van der Waals surface area contributed by atoms with Gasteiger partial charge in [0.05, 0.1) is 18.0 Å². The third-order valence-corrected chi connectivity index (χ3v) is 4.12. The molecule has 0 fully saturated rings. The summed E-state index contributed by atoms with van der Waals surface area (Å²) in [5.41, 5.74) is -0.730. The van der Waals surface area contributed by atoms with E-state index in [0.717, 1.165) is 5.56 Å². The maximum absolute atomic E-state index is 12.1. The van der Waals surface area contributed by atoms with Gasteiger partial charge in [-0.15, -0.1) is 0 Å². The number of ether oxygens (including phenoxy) is 2. The van der Waals surface area contributed by atoms with E-state index in [4.69, 9.17) is 9.47 Å². The van der Waals surface area contributed by atoms with Crippen LogP contribution in [0.4, 0.5) is 5.69 Å². The van der Waals surface area contributed by atoms with Crippen LogP contribution >= 0.6 is 0 Å². The van der Waals surface area contributed by atoms with Crippen molar-refractivity contribution in [3.8, 4) is 5.75 Å². The zero-order valence-electron chi connectivity index (χ0n) is 16.0. The molecule has 0 aromatic heterocycles. The molecule has 1 atom stereocenters. The fourth-order valence-corrected chi connectivity index (χ4v) is 2.61. The Kier molecular flexibility index (Phi) is 7.03. The molecule has 0 saturated carbocycles. The highest BCUT2D eigenvalue weighted by Gasteiger charge is 2.34. The van der Waals surface area contributed by atoms with Crippen LogP contribution < -0.4 is 4.74 Å². The summed E-state index contributed by atoms with van der Waals surface area (Å²) in [7, 11) is 0. The van der Waals surface area contributed by atoms with E-state index in [1.807, 2.05) is 0 Å². The number of non-ortho nitro benzene ring substituents is 1. The number of nitro groups is 1. The third kappa shape index (κ3) is 5.84. The van der Waals surface area contributed by atoms with E-state index >= 15 is 0 Å². The monoisotopic (exact) mass is 403 g/mol. The zero-order valence-corrected chi connectivity index (χ0v) is 16.0. The van der Waals surface area contributed by atoms with Gasteiger partial charge in [0.2, 0.25) is 0 Å². The second-order valence-electron chi connectivity index (χ2n) is 6.54. The molecule has 0 amide bonds. The smallest absolute Gasteiger partial charge is 0.310 e. The van der Waals surface area contributed by atoms with Crippen molar-refractivity contribution in [2.75, 3.05) is 13.2 Å². The fourth-order valence-electron chi connectivity index (χ4n) is 2.61. The molecule has 9 nitrogen and oxygen atoms in total. The van der Waals surface area contributed by atoms with Gasteiger partial charge in [0, 0.05) is 24.6 Å². The van der Waals surface area contributed by atoms with Crippen LogP contribution in [0, 0.1) is 17.0 Å². The van der Waals surface area contributed by atoms with Crippen molar-refractivity contribution in [3.63, 3.8) is 0 Å². The summed E-state index contributed by atoms with van der Waals surface area (Å²) in [6, 6.07) is 10.0. The molecule has 2 N–H and O–H groups in total. The lowest BCUT2D eigenvalue weighted by Gasteiger charge is -2.27. The molecule has 9 heteroatoms. The van der Waals surface area contributed by atoms with Gasteiger partial charge in [0.15, 0.2) is 5.60 Å². The number of esters is 2. The number of aryl methyl sites for hydroxylation is 1. The molecule has 0 saturated heterocycles. The number of aliphatic hydroxyl groups excluding tert-OH is 1. The van der Waals surface area contributed by atoms with Crippen molar-refractivity contribution in [2.24, 2.45) is 0 Å². The second kappa shape index (κ2) is 9.26. The van der Waals surface area contributed by atoms with E-state index in [0.29, 0.717) is 5.56 Å². The van der Waals surface area contributed by atoms with Crippen LogP contribution in [0.5, 0.6) is 5.75 Å². The number of rotatable bonds is 8. The molecule has 0 bridgehead atoms. The second-order valence-corrected chi connectivity index (χ2v) is 6.54. The molecule has 154 valence electrons. The Morgan fingerprint density at radius 3 is 2.38 bits per heavy atom. The average molecular weight is 403 g/mol. The highest BCUT2D eigenvalue weighted by molar-refractivity contribution is 5.73. The van der Waals surface area contributed by atoms with E-state index in [1.165, 1.54) is 43.3 Å². The number of nitrogens with zero attached hydrogens (tertiary/aromatic N) is 1. The highest BCUT2D eigenvalue weighted by atomic mass is 16.6. The quantitative estimate of drug-likeness (QED) is 0.295. The first-order valence-corrected chi connectivity index (χ1v) is 8.66. The maximum Gasteiger partial charge on any atom is 0.310 e. The van der Waals surface area contributed by atoms with Gasteiger partial charge < -0.3 is 19.7 Å². The Morgan fingerprint density at radius 2 is 1.83 bits per heavy atom. The van der Waals surface area contributed by atoms with Crippen molar-refractivity contribution >= 4 is 17.6 Å². The van der Waals surface area contributed by atoms with Crippen LogP contribution in [0.15, 0.2) is 42.5 Å². The molecule has 2 aromatic rings. The minimum absolute atomic E-state index is 0.0560. The van der Waals surface area contributed by atoms with Crippen molar-refractivity contribution in [2.45, 2.75) is 25.9 Å². The average Bonchev–Trinajstić information content (AvgIpc) is 2.66. The first kappa shape index (κ1) is 22.0. The summed E-state index contributed by atoms with van der Waals surface area (Å²) in [5, 5.41) is 31.2. The summed E-state index contributed by atoms with van der Waals surface area (Å²) in [6.45, 7) is 1.61. The fraction of sp³-hybridized carbons (Fsp3) is 0.300. The zero-order chi connectivity index (χ0) is 21.6. The van der Waals surface area contributed by atoms with E-state index < -0.39 is 35.7 Å². The van der Waals surface area contributed by atoms with E-state index in [2.05, 4.69) is 0 Å². The van der Waals surface area contributed by atoms with Gasteiger partial charge in [-0.1, -0.05) is 24.3 Å². The number of benzene rings is 2. The van der Waals surface area contributed by atoms with Gasteiger partial charge in [-0.3, -0.25) is 19.7 Å². The number of carbonyl (C=O) groups is 2. The molecule has 0 aliphatic rings. The van der Waals surface area contributed by atoms with Gasteiger partial charge in [-0.05, 0) is 24.1 Å². The van der Waals surface area contributed by atoms with Crippen LogP contribution in [0.25, 0.3) is 0 Å². The van der Waals surface area contributed by atoms with Crippen molar-refractivity contribution in [3.05, 3.63) is 69.3 Å². The van der Waals surface area contributed by atoms with Crippen molar-refractivity contribution < 1.29 is 34.2 Å². The van der Waals surface area contributed by atoms with Gasteiger partial charge in [0.1, 0.15) is 12.4 Å². The Hall–Kier alpha value is -3.30. The Balaban J connectivity index is 2.11. The van der Waals surface area contributed by atoms with Crippen LogP contribution in [0.3, 0.4) is 0 Å². The normalized spacial score (nSPS) is 12.7. The van der Waals surface area contributed by atoms with Crippen LogP contribution in [-0.2, 0) is 26.3 Å².